The zero-order valence-electron chi connectivity index (χ0n) is 11.9. The van der Waals surface area contributed by atoms with Gasteiger partial charge in [-0.1, -0.05) is 47.0 Å². The van der Waals surface area contributed by atoms with E-state index in [1.54, 1.807) is 0 Å². The predicted octanol–water partition coefficient (Wildman–Crippen LogP) is 3.66. The lowest BCUT2D eigenvalue weighted by Crippen LogP contribution is -2.31. The Morgan fingerprint density at radius 2 is 2.00 bits per heavy atom. The molecular weight excluding hydrogens is 300 g/mol. The summed E-state index contributed by atoms with van der Waals surface area (Å²) in [4.78, 5) is 2.38. The van der Waals surface area contributed by atoms with Crippen molar-refractivity contribution < 1.29 is 0 Å². The monoisotopic (exact) mass is 324 g/mol. The standard InChI is InChI=1S/C16H25BrN2/c1-19(13-15-8-4-5-9-16(15)17)11-10-18-12-14-6-2-3-7-14/h4-5,8-9,14,18H,2-3,6-7,10-13H2,1H3. The molecule has 2 rings (SSSR count). The summed E-state index contributed by atoms with van der Waals surface area (Å²) in [6.07, 6.45) is 5.74. The van der Waals surface area contributed by atoms with Crippen molar-refractivity contribution >= 4 is 15.9 Å². The number of hydrogen-bond donors (Lipinski definition) is 1. The van der Waals surface area contributed by atoms with E-state index in [4.69, 9.17) is 0 Å². The van der Waals surface area contributed by atoms with Crippen LogP contribution in [0.5, 0.6) is 0 Å². The molecule has 1 aliphatic carbocycles. The summed E-state index contributed by atoms with van der Waals surface area (Å²) in [7, 11) is 2.19. The molecule has 1 fully saturated rings. The quantitative estimate of drug-likeness (QED) is 0.770. The normalized spacial score (nSPS) is 16.4. The summed E-state index contributed by atoms with van der Waals surface area (Å²) in [5.41, 5.74) is 1.36. The van der Waals surface area contributed by atoms with Gasteiger partial charge in [-0.25, -0.2) is 0 Å². The molecule has 0 aliphatic heterocycles. The summed E-state index contributed by atoms with van der Waals surface area (Å²) in [6, 6.07) is 8.47. The molecule has 19 heavy (non-hydrogen) atoms. The molecule has 0 amide bonds. The number of halogens is 1. The van der Waals surface area contributed by atoms with Crippen LogP contribution in [0.2, 0.25) is 0 Å². The van der Waals surface area contributed by atoms with Gasteiger partial charge in [-0.3, -0.25) is 0 Å². The maximum atomic E-state index is 3.61. The van der Waals surface area contributed by atoms with Gasteiger partial charge in [-0.05, 0) is 44.0 Å². The lowest BCUT2D eigenvalue weighted by atomic mass is 10.1. The van der Waals surface area contributed by atoms with Gasteiger partial charge in [0.25, 0.3) is 0 Å². The maximum absolute atomic E-state index is 3.61. The molecule has 106 valence electrons. The molecule has 0 heterocycles. The van der Waals surface area contributed by atoms with Crippen LogP contribution in [0.25, 0.3) is 0 Å². The van der Waals surface area contributed by atoms with Gasteiger partial charge in [-0.2, -0.15) is 0 Å². The van der Waals surface area contributed by atoms with E-state index in [-0.39, 0.29) is 0 Å². The molecule has 3 heteroatoms. The molecule has 2 nitrogen and oxygen atoms in total. The van der Waals surface area contributed by atoms with E-state index in [9.17, 15) is 0 Å². The molecule has 0 bridgehead atoms. The van der Waals surface area contributed by atoms with E-state index in [0.717, 1.165) is 25.6 Å². The Bertz CT molecular complexity index is 375. The molecule has 0 unspecified atom stereocenters. The lowest BCUT2D eigenvalue weighted by Gasteiger charge is -2.18. The van der Waals surface area contributed by atoms with Crippen LogP contribution < -0.4 is 5.32 Å². The van der Waals surface area contributed by atoms with Crippen LogP contribution >= 0.6 is 15.9 Å². The minimum absolute atomic E-state index is 0.938. The van der Waals surface area contributed by atoms with Gasteiger partial charge in [0.2, 0.25) is 0 Å². The summed E-state index contributed by atoms with van der Waals surface area (Å²) >= 11 is 3.61. The fourth-order valence-electron chi connectivity index (χ4n) is 2.79. The van der Waals surface area contributed by atoms with Crippen molar-refractivity contribution in [2.24, 2.45) is 5.92 Å². The van der Waals surface area contributed by atoms with E-state index >= 15 is 0 Å². The van der Waals surface area contributed by atoms with Crippen molar-refractivity contribution in [3.05, 3.63) is 34.3 Å². The fourth-order valence-corrected chi connectivity index (χ4v) is 3.20. The smallest absolute Gasteiger partial charge is 0.0242 e. The summed E-state index contributed by atoms with van der Waals surface area (Å²) in [5.74, 6) is 0.938. The van der Waals surface area contributed by atoms with Gasteiger partial charge in [0.15, 0.2) is 0 Å². The van der Waals surface area contributed by atoms with Crippen LogP contribution in [-0.4, -0.2) is 31.6 Å². The molecule has 1 aromatic rings. The Kier molecular flexibility index (Phi) is 6.35. The van der Waals surface area contributed by atoms with E-state index in [0.29, 0.717) is 0 Å². The molecular formula is C16H25BrN2. The Hall–Kier alpha value is -0.380. The number of nitrogens with one attached hydrogen (secondary N) is 1. The SMILES string of the molecule is CN(CCNCC1CCCC1)Cc1ccccc1Br. The molecule has 1 saturated carbocycles. The minimum atomic E-state index is 0.938. The molecule has 0 atom stereocenters. The Morgan fingerprint density at radius 1 is 1.26 bits per heavy atom. The van der Waals surface area contributed by atoms with E-state index in [2.05, 4.69) is 57.5 Å². The number of likely N-dealkylation sites (N-methyl/N-ethyl adjacent to an activating group) is 1. The molecule has 0 saturated heterocycles. The Labute approximate surface area is 125 Å². The number of rotatable bonds is 7. The Morgan fingerprint density at radius 3 is 2.74 bits per heavy atom. The number of hydrogen-bond acceptors (Lipinski definition) is 2. The molecule has 0 radical (unpaired) electrons. The third kappa shape index (κ3) is 5.25. The van der Waals surface area contributed by atoms with E-state index in [1.807, 2.05) is 0 Å². The average Bonchev–Trinajstić information content (AvgIpc) is 2.91. The van der Waals surface area contributed by atoms with Crippen LogP contribution in [0.1, 0.15) is 31.2 Å². The summed E-state index contributed by atoms with van der Waals surface area (Å²) < 4.78 is 1.21. The number of nitrogens with zero attached hydrogens (tertiary/aromatic N) is 1. The average molecular weight is 325 g/mol. The lowest BCUT2D eigenvalue weighted by molar-refractivity contribution is 0.319. The zero-order valence-corrected chi connectivity index (χ0v) is 13.5. The van der Waals surface area contributed by atoms with E-state index < -0.39 is 0 Å². The highest BCUT2D eigenvalue weighted by molar-refractivity contribution is 9.10. The van der Waals surface area contributed by atoms with Crippen molar-refractivity contribution in [3.8, 4) is 0 Å². The van der Waals surface area contributed by atoms with Crippen LogP contribution in [0, 0.1) is 5.92 Å². The third-order valence-electron chi connectivity index (χ3n) is 3.98. The van der Waals surface area contributed by atoms with Crippen LogP contribution in [0.3, 0.4) is 0 Å². The Balaban J connectivity index is 1.61. The zero-order chi connectivity index (χ0) is 13.5. The topological polar surface area (TPSA) is 15.3 Å². The fraction of sp³-hybridized carbons (Fsp3) is 0.625. The molecule has 1 aromatic carbocycles. The number of benzene rings is 1. The first-order valence-electron chi connectivity index (χ1n) is 7.38. The maximum Gasteiger partial charge on any atom is 0.0242 e. The highest BCUT2D eigenvalue weighted by Gasteiger charge is 2.13. The third-order valence-corrected chi connectivity index (χ3v) is 4.75. The van der Waals surface area contributed by atoms with Crippen molar-refractivity contribution in [1.82, 2.24) is 10.2 Å². The minimum Gasteiger partial charge on any atom is -0.315 e. The van der Waals surface area contributed by atoms with Gasteiger partial charge < -0.3 is 10.2 Å². The molecule has 0 spiro atoms. The molecule has 1 aliphatic rings. The van der Waals surface area contributed by atoms with Crippen molar-refractivity contribution in [3.63, 3.8) is 0 Å². The first-order valence-corrected chi connectivity index (χ1v) is 8.17. The van der Waals surface area contributed by atoms with Gasteiger partial charge in [0, 0.05) is 24.1 Å². The molecule has 0 aromatic heterocycles. The second-order valence-electron chi connectivity index (χ2n) is 5.68. The summed E-state index contributed by atoms with van der Waals surface area (Å²) in [6.45, 7) is 4.42. The molecule has 1 N–H and O–H groups in total. The van der Waals surface area contributed by atoms with Gasteiger partial charge in [0.1, 0.15) is 0 Å². The summed E-state index contributed by atoms with van der Waals surface area (Å²) in [5, 5.41) is 3.61. The van der Waals surface area contributed by atoms with Crippen molar-refractivity contribution in [2.45, 2.75) is 32.2 Å². The highest BCUT2D eigenvalue weighted by atomic mass is 79.9. The van der Waals surface area contributed by atoms with E-state index in [1.165, 1.54) is 42.3 Å². The first-order chi connectivity index (χ1) is 9.25. The van der Waals surface area contributed by atoms with Crippen molar-refractivity contribution in [2.75, 3.05) is 26.7 Å². The largest absolute Gasteiger partial charge is 0.315 e. The van der Waals surface area contributed by atoms with Gasteiger partial charge in [0.05, 0.1) is 0 Å². The van der Waals surface area contributed by atoms with Crippen molar-refractivity contribution in [1.29, 1.82) is 0 Å². The first kappa shape index (κ1) is 15.0. The second-order valence-corrected chi connectivity index (χ2v) is 6.54. The predicted molar refractivity (Wildman–Crippen MR) is 85.3 cm³/mol. The van der Waals surface area contributed by atoms with Crippen LogP contribution in [-0.2, 0) is 6.54 Å². The second kappa shape index (κ2) is 8.03. The van der Waals surface area contributed by atoms with Crippen LogP contribution in [0.4, 0.5) is 0 Å². The van der Waals surface area contributed by atoms with Gasteiger partial charge in [-0.15, -0.1) is 0 Å². The highest BCUT2D eigenvalue weighted by Crippen LogP contribution is 2.23. The van der Waals surface area contributed by atoms with Gasteiger partial charge >= 0.3 is 0 Å². The van der Waals surface area contributed by atoms with Crippen LogP contribution in [0.15, 0.2) is 28.7 Å².